The number of hydrogen-bond donors (Lipinski definition) is 1. The van der Waals surface area contributed by atoms with Gasteiger partial charge in [-0.2, -0.15) is 10.1 Å². The maximum Gasteiger partial charge on any atom is 0.354 e. The number of fused-ring (bicyclic) bond motifs is 1. The first-order chi connectivity index (χ1) is 19.9. The molecule has 0 radical (unpaired) electrons. The Hall–Kier alpha value is -4.35. The van der Waals surface area contributed by atoms with E-state index in [2.05, 4.69) is 9.97 Å². The number of carboxylic acids is 1. The van der Waals surface area contributed by atoms with Crippen molar-refractivity contribution in [2.75, 3.05) is 6.61 Å². The fourth-order valence-corrected chi connectivity index (χ4v) is 5.27. The predicted octanol–water partition coefficient (Wildman–Crippen LogP) is 5.14. The van der Waals surface area contributed by atoms with Crippen LogP contribution < -0.4 is 4.74 Å². The largest absolute Gasteiger partial charge is 0.477 e. The van der Waals surface area contributed by atoms with Crippen LogP contribution in [-0.4, -0.2) is 53.1 Å². The number of rotatable bonds is 9. The van der Waals surface area contributed by atoms with Gasteiger partial charge in [-0.15, -0.1) is 0 Å². The van der Waals surface area contributed by atoms with Gasteiger partial charge in [-0.3, -0.25) is 0 Å². The van der Waals surface area contributed by atoms with Crippen LogP contribution in [0.2, 0.25) is 5.02 Å². The molecule has 1 N–H and O–H groups in total. The van der Waals surface area contributed by atoms with Crippen LogP contribution in [0.3, 0.4) is 0 Å². The molecule has 2 unspecified atom stereocenters. The smallest absolute Gasteiger partial charge is 0.354 e. The van der Waals surface area contributed by atoms with Gasteiger partial charge in [0.2, 0.25) is 5.88 Å². The lowest BCUT2D eigenvalue weighted by Crippen LogP contribution is -2.31. The molecule has 5 aromatic rings. The second-order valence-electron chi connectivity index (χ2n) is 10.2. The van der Waals surface area contributed by atoms with Crippen LogP contribution in [0, 0.1) is 5.82 Å². The minimum Gasteiger partial charge on any atom is -0.477 e. The third kappa shape index (κ3) is 5.02. The molecular formula is C29H24ClFN6O4. The first kappa shape index (κ1) is 25.6. The minimum atomic E-state index is -1.07. The number of carboxylic acid groups (broad SMARTS) is 1. The summed E-state index contributed by atoms with van der Waals surface area (Å²) in [5.74, 6) is 0.555. The van der Waals surface area contributed by atoms with E-state index in [1.165, 1.54) is 12.1 Å². The van der Waals surface area contributed by atoms with E-state index in [1.807, 2.05) is 22.9 Å². The van der Waals surface area contributed by atoms with E-state index in [9.17, 15) is 14.3 Å². The Labute approximate surface area is 238 Å². The quantitative estimate of drug-likeness (QED) is 0.257. The fraction of sp³-hybridized carbons (Fsp3) is 0.276. The number of ether oxygens (including phenoxy) is 2. The molecule has 3 atom stereocenters. The van der Waals surface area contributed by atoms with Gasteiger partial charge in [0.05, 0.1) is 18.3 Å². The van der Waals surface area contributed by atoms with Crippen molar-refractivity contribution in [2.45, 2.75) is 43.9 Å². The molecule has 0 amide bonds. The topological polar surface area (TPSA) is 117 Å². The number of aromatic carboxylic acids is 1. The maximum atomic E-state index is 14.1. The summed E-state index contributed by atoms with van der Waals surface area (Å²) < 4.78 is 29.2. The van der Waals surface area contributed by atoms with Crippen LogP contribution in [0.1, 0.15) is 52.2 Å². The van der Waals surface area contributed by atoms with E-state index in [0.29, 0.717) is 40.0 Å². The molecule has 41 heavy (non-hydrogen) atoms. The monoisotopic (exact) mass is 574 g/mol. The van der Waals surface area contributed by atoms with Crippen molar-refractivity contribution in [2.24, 2.45) is 0 Å². The van der Waals surface area contributed by atoms with Gasteiger partial charge in [0.15, 0.2) is 17.2 Å². The molecule has 2 fully saturated rings. The number of pyridine rings is 2. The molecule has 1 aliphatic heterocycles. The standard InChI is InChI=1S/C29H24ClFN6O4/c30-17-5-4-16(21(31)12-17)15-41-26-3-1-2-25(34-26)37-10-8-22(35-37)19-13-20(19)27-32-23-6-7-24(29(38)39)33-28(23)36(27)14-18-9-11-40-18/h1-8,10,12,18-20H,9,11,13-15H2,(H,38,39)/t18-,19?,20?/m0/s1. The van der Waals surface area contributed by atoms with E-state index in [0.717, 1.165) is 31.0 Å². The average Bonchev–Trinajstić information content (AvgIpc) is 3.42. The molecule has 2 aliphatic rings. The molecule has 5 heterocycles. The van der Waals surface area contributed by atoms with E-state index >= 15 is 0 Å². The molecule has 208 valence electrons. The Morgan fingerprint density at radius 1 is 1.12 bits per heavy atom. The Morgan fingerprint density at radius 2 is 2.00 bits per heavy atom. The SMILES string of the molecule is O=C(O)c1ccc2nc(C3CC3c3ccn(-c4cccc(OCc5ccc(Cl)cc5F)n4)n3)n(C[C@@H]3CCO3)c2n1. The van der Waals surface area contributed by atoms with E-state index in [1.54, 1.807) is 35.0 Å². The molecule has 1 saturated heterocycles. The van der Waals surface area contributed by atoms with Crippen LogP contribution in [0.15, 0.2) is 60.8 Å². The van der Waals surface area contributed by atoms with Crippen molar-refractivity contribution in [1.29, 1.82) is 0 Å². The number of carbonyl (C=O) groups is 1. The summed E-state index contributed by atoms with van der Waals surface area (Å²) in [7, 11) is 0. The normalized spacial score (nSPS) is 19.7. The second-order valence-corrected chi connectivity index (χ2v) is 10.6. The van der Waals surface area contributed by atoms with Gasteiger partial charge in [-0.1, -0.05) is 23.7 Å². The highest BCUT2D eigenvalue weighted by Gasteiger charge is 2.45. The third-order valence-corrected chi connectivity index (χ3v) is 7.70. The summed E-state index contributed by atoms with van der Waals surface area (Å²) in [6.45, 7) is 1.32. The number of hydrogen-bond acceptors (Lipinski definition) is 7. The summed E-state index contributed by atoms with van der Waals surface area (Å²) in [6, 6.07) is 14.9. The van der Waals surface area contributed by atoms with Gasteiger partial charge in [-0.05, 0) is 49.2 Å². The second kappa shape index (κ2) is 10.2. The number of nitrogens with zero attached hydrogens (tertiary/aromatic N) is 6. The third-order valence-electron chi connectivity index (χ3n) is 7.47. The van der Waals surface area contributed by atoms with Gasteiger partial charge >= 0.3 is 5.97 Å². The Bertz CT molecular complexity index is 1780. The van der Waals surface area contributed by atoms with Crippen LogP contribution in [0.5, 0.6) is 5.88 Å². The van der Waals surface area contributed by atoms with Crippen molar-refractivity contribution in [3.8, 4) is 11.7 Å². The van der Waals surface area contributed by atoms with Crippen LogP contribution in [0.25, 0.3) is 17.0 Å². The number of benzene rings is 1. The Morgan fingerprint density at radius 3 is 2.78 bits per heavy atom. The molecule has 1 aliphatic carbocycles. The van der Waals surface area contributed by atoms with E-state index in [4.69, 9.17) is 31.2 Å². The maximum absolute atomic E-state index is 14.1. The fourth-order valence-electron chi connectivity index (χ4n) is 5.11. The Balaban J connectivity index is 1.10. The molecule has 7 rings (SSSR count). The first-order valence-electron chi connectivity index (χ1n) is 13.2. The van der Waals surface area contributed by atoms with E-state index in [-0.39, 0.29) is 30.2 Å². The summed E-state index contributed by atoms with van der Waals surface area (Å²) in [6.07, 6.45) is 3.72. The van der Waals surface area contributed by atoms with Crippen LogP contribution in [-0.2, 0) is 17.9 Å². The molecule has 1 aromatic carbocycles. The van der Waals surface area contributed by atoms with Gasteiger partial charge in [0, 0.05) is 41.3 Å². The molecule has 4 aromatic heterocycles. The van der Waals surface area contributed by atoms with Crippen molar-refractivity contribution in [3.63, 3.8) is 0 Å². The lowest BCUT2D eigenvalue weighted by Gasteiger charge is -2.27. The van der Waals surface area contributed by atoms with Crippen molar-refractivity contribution < 1.29 is 23.8 Å². The number of imidazole rings is 1. The highest BCUT2D eigenvalue weighted by molar-refractivity contribution is 6.30. The average molecular weight is 575 g/mol. The van der Waals surface area contributed by atoms with Gasteiger partial charge in [0.25, 0.3) is 0 Å². The van der Waals surface area contributed by atoms with Crippen molar-refractivity contribution >= 4 is 28.7 Å². The van der Waals surface area contributed by atoms with Crippen LogP contribution in [0.4, 0.5) is 4.39 Å². The number of aromatic nitrogens is 6. The van der Waals surface area contributed by atoms with Crippen molar-refractivity contribution in [3.05, 3.63) is 94.4 Å². The Kier molecular flexibility index (Phi) is 6.40. The zero-order chi connectivity index (χ0) is 28.1. The lowest BCUT2D eigenvalue weighted by atomic mass is 10.2. The highest BCUT2D eigenvalue weighted by atomic mass is 35.5. The zero-order valence-corrected chi connectivity index (χ0v) is 22.4. The summed E-state index contributed by atoms with van der Waals surface area (Å²) >= 11 is 5.83. The molecular weight excluding hydrogens is 551 g/mol. The summed E-state index contributed by atoms with van der Waals surface area (Å²) in [4.78, 5) is 25.3. The van der Waals surface area contributed by atoms with Gasteiger partial charge in [-0.25, -0.2) is 23.8 Å². The highest BCUT2D eigenvalue weighted by Crippen LogP contribution is 2.54. The predicted molar refractivity (Wildman–Crippen MR) is 146 cm³/mol. The molecule has 0 bridgehead atoms. The molecule has 12 heteroatoms. The van der Waals surface area contributed by atoms with Crippen LogP contribution >= 0.6 is 11.6 Å². The minimum absolute atomic E-state index is 0.0113. The first-order valence-corrected chi connectivity index (χ1v) is 13.6. The summed E-state index contributed by atoms with van der Waals surface area (Å²) in [5.41, 5.74) is 2.50. The molecule has 1 saturated carbocycles. The molecule has 10 nitrogen and oxygen atoms in total. The van der Waals surface area contributed by atoms with Crippen molar-refractivity contribution in [1.82, 2.24) is 29.3 Å². The molecule has 0 spiro atoms. The van der Waals surface area contributed by atoms with E-state index < -0.39 is 11.8 Å². The van der Waals surface area contributed by atoms with Gasteiger partial charge in [0.1, 0.15) is 23.8 Å². The lowest BCUT2D eigenvalue weighted by molar-refractivity contribution is -0.0590. The number of halogens is 2. The zero-order valence-electron chi connectivity index (χ0n) is 21.7. The summed E-state index contributed by atoms with van der Waals surface area (Å²) in [5, 5.41) is 14.6. The van der Waals surface area contributed by atoms with Gasteiger partial charge < -0.3 is 19.1 Å².